The largest absolute Gasteiger partial charge is 0.507 e. The van der Waals surface area contributed by atoms with Crippen LogP contribution in [0.1, 0.15) is 20.7 Å². The van der Waals surface area contributed by atoms with Gasteiger partial charge in [0.15, 0.2) is 0 Å². The van der Waals surface area contributed by atoms with Crippen LogP contribution in [0.5, 0.6) is 5.75 Å². The topological polar surface area (TPSA) is 86.6 Å². The maximum atomic E-state index is 12.0. The molecule has 102 valence electrons. The van der Waals surface area contributed by atoms with Crippen LogP contribution in [-0.4, -0.2) is 22.1 Å². The lowest BCUT2D eigenvalue weighted by Crippen LogP contribution is -2.15. The number of phenols is 1. The molecule has 0 heterocycles. The number of carboxylic acid groups (broad SMARTS) is 1. The Kier molecular flexibility index (Phi) is 4.05. The summed E-state index contributed by atoms with van der Waals surface area (Å²) in [6, 6.07) is 10.5. The maximum Gasteiger partial charge on any atom is 0.337 e. The van der Waals surface area contributed by atoms with Gasteiger partial charge in [-0.25, -0.2) is 4.79 Å². The van der Waals surface area contributed by atoms with Gasteiger partial charge >= 0.3 is 5.97 Å². The molecule has 0 radical (unpaired) electrons. The summed E-state index contributed by atoms with van der Waals surface area (Å²) in [5.41, 5.74) is 0.195. The number of carbonyl (C=O) groups excluding carboxylic acids is 1. The first kappa shape index (κ1) is 14.1. The number of aromatic hydroxyl groups is 1. The minimum absolute atomic E-state index is 0.0306. The van der Waals surface area contributed by atoms with E-state index in [0.717, 1.165) is 0 Å². The van der Waals surface area contributed by atoms with E-state index in [4.69, 9.17) is 5.11 Å². The predicted octanol–water partition coefficient (Wildman–Crippen LogP) is 3.11. The number of carboxylic acids is 1. The van der Waals surface area contributed by atoms with E-state index in [2.05, 4.69) is 21.2 Å². The van der Waals surface area contributed by atoms with Crippen molar-refractivity contribution in [2.75, 3.05) is 5.32 Å². The van der Waals surface area contributed by atoms with Crippen LogP contribution in [0.25, 0.3) is 0 Å². The van der Waals surface area contributed by atoms with Gasteiger partial charge in [-0.05, 0) is 30.3 Å². The third kappa shape index (κ3) is 2.97. The summed E-state index contributed by atoms with van der Waals surface area (Å²) in [4.78, 5) is 23.1. The van der Waals surface area contributed by atoms with Crippen LogP contribution < -0.4 is 5.32 Å². The van der Waals surface area contributed by atoms with Crippen LogP contribution >= 0.6 is 15.9 Å². The number of anilines is 1. The molecular weight excluding hydrogens is 326 g/mol. The van der Waals surface area contributed by atoms with E-state index in [-0.39, 0.29) is 22.6 Å². The summed E-state index contributed by atoms with van der Waals surface area (Å²) in [5.74, 6) is -1.90. The maximum absolute atomic E-state index is 12.0. The summed E-state index contributed by atoms with van der Waals surface area (Å²) < 4.78 is 0.634. The van der Waals surface area contributed by atoms with Crippen molar-refractivity contribution < 1.29 is 19.8 Å². The van der Waals surface area contributed by atoms with Gasteiger partial charge < -0.3 is 15.5 Å². The van der Waals surface area contributed by atoms with Crippen LogP contribution in [0.2, 0.25) is 0 Å². The van der Waals surface area contributed by atoms with E-state index in [9.17, 15) is 14.7 Å². The number of phenolic OH excluding ortho intramolecular Hbond substituents is 1. The number of halogens is 1. The molecule has 0 aliphatic carbocycles. The number of amides is 1. The SMILES string of the molecule is O=C(Nc1cc(Br)ccc1C(=O)O)c1ccccc1O. The van der Waals surface area contributed by atoms with Gasteiger partial charge in [-0.15, -0.1) is 0 Å². The first-order valence-electron chi connectivity index (χ1n) is 5.61. The standard InChI is InChI=1S/C14H10BrNO4/c15-8-5-6-9(14(19)20)11(7-8)16-13(18)10-3-1-2-4-12(10)17/h1-7,17H,(H,16,18)(H,19,20). The van der Waals surface area contributed by atoms with E-state index in [1.807, 2.05) is 0 Å². The van der Waals surface area contributed by atoms with E-state index in [1.165, 1.54) is 24.3 Å². The van der Waals surface area contributed by atoms with Gasteiger partial charge in [0.1, 0.15) is 5.75 Å². The molecule has 0 fully saturated rings. The van der Waals surface area contributed by atoms with Crippen molar-refractivity contribution >= 4 is 33.5 Å². The molecule has 2 rings (SSSR count). The Morgan fingerprint density at radius 3 is 2.40 bits per heavy atom. The van der Waals surface area contributed by atoms with Crippen molar-refractivity contribution in [2.45, 2.75) is 0 Å². The minimum Gasteiger partial charge on any atom is -0.507 e. The first-order valence-corrected chi connectivity index (χ1v) is 6.40. The molecule has 2 aromatic rings. The Morgan fingerprint density at radius 1 is 1.05 bits per heavy atom. The molecule has 0 aliphatic heterocycles. The Balaban J connectivity index is 2.35. The molecule has 5 nitrogen and oxygen atoms in total. The number of benzene rings is 2. The Hall–Kier alpha value is -2.34. The van der Waals surface area contributed by atoms with Crippen LogP contribution in [0.3, 0.4) is 0 Å². The average Bonchev–Trinajstić information content (AvgIpc) is 2.38. The fraction of sp³-hybridized carbons (Fsp3) is 0. The zero-order valence-corrected chi connectivity index (χ0v) is 11.7. The fourth-order valence-corrected chi connectivity index (χ4v) is 2.02. The number of aromatic carboxylic acids is 1. The lowest BCUT2D eigenvalue weighted by atomic mass is 10.1. The Labute approximate surface area is 123 Å². The lowest BCUT2D eigenvalue weighted by molar-refractivity contribution is 0.0698. The minimum atomic E-state index is -1.15. The van der Waals surface area contributed by atoms with Crippen molar-refractivity contribution in [1.82, 2.24) is 0 Å². The summed E-state index contributed by atoms with van der Waals surface area (Å²) in [7, 11) is 0. The highest BCUT2D eigenvalue weighted by Crippen LogP contribution is 2.23. The third-order valence-electron chi connectivity index (χ3n) is 2.61. The Bertz CT molecular complexity index is 685. The van der Waals surface area contributed by atoms with Crippen molar-refractivity contribution in [2.24, 2.45) is 0 Å². The highest BCUT2D eigenvalue weighted by atomic mass is 79.9. The molecule has 0 aliphatic rings. The zero-order valence-electron chi connectivity index (χ0n) is 10.1. The van der Waals surface area contributed by atoms with Gasteiger partial charge in [0.05, 0.1) is 16.8 Å². The van der Waals surface area contributed by atoms with E-state index < -0.39 is 11.9 Å². The number of para-hydroxylation sites is 1. The zero-order chi connectivity index (χ0) is 14.7. The second-order valence-electron chi connectivity index (χ2n) is 3.97. The first-order chi connectivity index (χ1) is 9.49. The third-order valence-corrected chi connectivity index (χ3v) is 3.10. The molecule has 0 bridgehead atoms. The molecule has 6 heteroatoms. The average molecular weight is 336 g/mol. The Morgan fingerprint density at radius 2 is 1.75 bits per heavy atom. The molecule has 3 N–H and O–H groups in total. The highest BCUT2D eigenvalue weighted by Gasteiger charge is 2.15. The molecule has 0 saturated heterocycles. The smallest absolute Gasteiger partial charge is 0.337 e. The predicted molar refractivity (Wildman–Crippen MR) is 77.2 cm³/mol. The summed E-state index contributed by atoms with van der Waals surface area (Å²) in [5, 5.41) is 21.2. The molecule has 20 heavy (non-hydrogen) atoms. The van der Waals surface area contributed by atoms with Gasteiger partial charge in [0, 0.05) is 4.47 Å². The van der Waals surface area contributed by atoms with E-state index in [0.29, 0.717) is 4.47 Å². The van der Waals surface area contributed by atoms with Gasteiger partial charge in [-0.1, -0.05) is 28.1 Å². The number of rotatable bonds is 3. The molecule has 0 aromatic heterocycles. The summed E-state index contributed by atoms with van der Waals surface area (Å²) in [6.45, 7) is 0. The van der Waals surface area contributed by atoms with Crippen molar-refractivity contribution in [1.29, 1.82) is 0 Å². The van der Waals surface area contributed by atoms with Gasteiger partial charge in [0.2, 0.25) is 0 Å². The summed E-state index contributed by atoms with van der Waals surface area (Å²) >= 11 is 3.21. The van der Waals surface area contributed by atoms with Crippen molar-refractivity contribution in [3.8, 4) is 5.75 Å². The number of carbonyl (C=O) groups is 2. The van der Waals surface area contributed by atoms with Crippen molar-refractivity contribution in [3.05, 3.63) is 58.1 Å². The number of nitrogens with one attached hydrogen (secondary N) is 1. The second kappa shape index (κ2) is 5.75. The van der Waals surface area contributed by atoms with Gasteiger partial charge in [-0.2, -0.15) is 0 Å². The van der Waals surface area contributed by atoms with Crippen molar-refractivity contribution in [3.63, 3.8) is 0 Å². The quantitative estimate of drug-likeness (QED) is 0.804. The van der Waals surface area contributed by atoms with Gasteiger partial charge in [0.25, 0.3) is 5.91 Å². The van der Waals surface area contributed by atoms with Crippen LogP contribution in [-0.2, 0) is 0 Å². The van der Waals surface area contributed by atoms with Gasteiger partial charge in [-0.3, -0.25) is 4.79 Å². The van der Waals surface area contributed by atoms with E-state index in [1.54, 1.807) is 18.2 Å². The second-order valence-corrected chi connectivity index (χ2v) is 4.88. The van der Waals surface area contributed by atoms with E-state index >= 15 is 0 Å². The molecule has 1 amide bonds. The van der Waals surface area contributed by atoms with Crippen LogP contribution in [0, 0.1) is 0 Å². The summed E-state index contributed by atoms with van der Waals surface area (Å²) in [6.07, 6.45) is 0. The monoisotopic (exact) mass is 335 g/mol. The number of hydrogen-bond acceptors (Lipinski definition) is 3. The molecule has 2 aromatic carbocycles. The number of hydrogen-bond donors (Lipinski definition) is 3. The lowest BCUT2D eigenvalue weighted by Gasteiger charge is -2.10. The molecule has 0 unspecified atom stereocenters. The van der Waals surface area contributed by atoms with Crippen LogP contribution in [0.15, 0.2) is 46.9 Å². The molecule has 0 spiro atoms. The normalized spacial score (nSPS) is 10.1. The molecular formula is C14H10BrNO4. The fourth-order valence-electron chi connectivity index (χ4n) is 1.66. The highest BCUT2D eigenvalue weighted by molar-refractivity contribution is 9.10. The van der Waals surface area contributed by atoms with Crippen LogP contribution in [0.4, 0.5) is 5.69 Å². The molecule has 0 saturated carbocycles. The molecule has 0 atom stereocenters.